The summed E-state index contributed by atoms with van der Waals surface area (Å²) in [6.45, 7) is 4.74. The average Bonchev–Trinajstić information content (AvgIpc) is 3.34. The Balaban J connectivity index is 1.03. The molecule has 4 saturated carbocycles. The molecule has 0 radical (unpaired) electrons. The summed E-state index contributed by atoms with van der Waals surface area (Å²) in [5.74, 6) is 2.92. The van der Waals surface area contributed by atoms with Crippen molar-refractivity contribution in [2.45, 2.75) is 63.2 Å². The van der Waals surface area contributed by atoms with E-state index in [0.29, 0.717) is 5.41 Å². The molecule has 48 heavy (non-hydrogen) atoms. The first-order chi connectivity index (χ1) is 23.4. The van der Waals surface area contributed by atoms with Crippen LogP contribution in [0.2, 0.25) is 0 Å². The summed E-state index contributed by atoms with van der Waals surface area (Å²) in [6.07, 6.45) is 8.75. The molecule has 0 saturated heterocycles. The van der Waals surface area contributed by atoms with Gasteiger partial charge >= 0.3 is 0 Å². The summed E-state index contributed by atoms with van der Waals surface area (Å²) < 4.78 is 0. The Kier molecular flexibility index (Phi) is 6.18. The molecule has 1 nitrogen and oxygen atoms in total. The summed E-state index contributed by atoms with van der Waals surface area (Å²) >= 11 is 0. The first kappa shape index (κ1) is 28.4. The molecular weight excluding hydrogens is 579 g/mol. The van der Waals surface area contributed by atoms with Gasteiger partial charge in [0.05, 0.1) is 5.69 Å². The third-order valence-corrected chi connectivity index (χ3v) is 12.8. The minimum atomic E-state index is -0.0570. The van der Waals surface area contributed by atoms with Crippen LogP contribution in [-0.4, -0.2) is 0 Å². The van der Waals surface area contributed by atoms with Gasteiger partial charge in [-0.3, -0.25) is 0 Å². The van der Waals surface area contributed by atoms with Gasteiger partial charge in [-0.15, -0.1) is 0 Å². The Bertz CT molecular complexity index is 2140. The summed E-state index contributed by atoms with van der Waals surface area (Å²) in [4.78, 5) is 2.46. The molecule has 0 unspecified atom stereocenters. The lowest BCUT2D eigenvalue weighted by Gasteiger charge is -2.57. The van der Waals surface area contributed by atoms with E-state index in [1.54, 1.807) is 5.56 Å². The van der Waals surface area contributed by atoms with Crippen molar-refractivity contribution in [2.24, 2.45) is 17.8 Å². The highest BCUT2D eigenvalue weighted by Crippen LogP contribution is 2.61. The molecule has 5 aliphatic rings. The third kappa shape index (κ3) is 4.29. The normalized spacial score (nSPS) is 24.4. The Labute approximate surface area is 285 Å². The quantitative estimate of drug-likeness (QED) is 0.185. The van der Waals surface area contributed by atoms with Crippen molar-refractivity contribution >= 4 is 27.8 Å². The molecule has 6 aromatic carbocycles. The van der Waals surface area contributed by atoms with Crippen LogP contribution >= 0.6 is 0 Å². The fourth-order valence-electron chi connectivity index (χ4n) is 10.9. The van der Waals surface area contributed by atoms with Crippen molar-refractivity contribution in [1.82, 2.24) is 0 Å². The smallest absolute Gasteiger partial charge is 0.0540 e. The first-order valence-electron chi connectivity index (χ1n) is 18.2. The number of anilines is 3. The summed E-state index contributed by atoms with van der Waals surface area (Å²) in [6, 6.07) is 50.5. The minimum absolute atomic E-state index is 0.0570. The molecule has 0 aromatic heterocycles. The van der Waals surface area contributed by atoms with Crippen LogP contribution in [-0.2, 0) is 10.8 Å². The van der Waals surface area contributed by atoms with Crippen molar-refractivity contribution < 1.29 is 0 Å². The van der Waals surface area contributed by atoms with E-state index in [2.05, 4.69) is 152 Å². The Morgan fingerprint density at radius 1 is 0.521 bits per heavy atom. The second-order valence-electron chi connectivity index (χ2n) is 16.1. The van der Waals surface area contributed by atoms with Gasteiger partial charge in [0.25, 0.3) is 0 Å². The van der Waals surface area contributed by atoms with Crippen molar-refractivity contribution in [3.8, 4) is 22.3 Å². The molecule has 0 spiro atoms. The lowest BCUT2D eigenvalue weighted by atomic mass is 9.48. The molecule has 0 amide bonds. The average molecular weight is 622 g/mol. The van der Waals surface area contributed by atoms with Gasteiger partial charge in [0.2, 0.25) is 0 Å². The number of rotatable bonds is 5. The SMILES string of the molecule is CC1(C)c2ccccc2-c2ccc(N(c3ccc(-c4ccc(C56CC7CC(CC(C7)C5)C6)cc4)cc3)c3cccc4ccccc34)cc21. The van der Waals surface area contributed by atoms with Gasteiger partial charge in [0.1, 0.15) is 0 Å². The minimum Gasteiger partial charge on any atom is -0.310 e. The lowest BCUT2D eigenvalue weighted by Crippen LogP contribution is -2.48. The van der Waals surface area contributed by atoms with Crippen LogP contribution in [0.25, 0.3) is 33.0 Å². The monoisotopic (exact) mass is 621 g/mol. The number of benzene rings is 6. The fourth-order valence-corrected chi connectivity index (χ4v) is 10.9. The zero-order valence-electron chi connectivity index (χ0n) is 28.1. The molecule has 4 bridgehead atoms. The molecule has 1 heteroatoms. The van der Waals surface area contributed by atoms with Crippen LogP contribution in [0.3, 0.4) is 0 Å². The van der Waals surface area contributed by atoms with Crippen LogP contribution in [0.5, 0.6) is 0 Å². The number of fused-ring (bicyclic) bond motifs is 4. The van der Waals surface area contributed by atoms with Crippen LogP contribution in [0.1, 0.15) is 69.1 Å². The Hall–Kier alpha value is -4.62. The Morgan fingerprint density at radius 3 is 1.83 bits per heavy atom. The van der Waals surface area contributed by atoms with E-state index in [4.69, 9.17) is 0 Å². The van der Waals surface area contributed by atoms with E-state index in [1.807, 2.05) is 0 Å². The van der Waals surface area contributed by atoms with Crippen LogP contribution in [0, 0.1) is 17.8 Å². The van der Waals surface area contributed by atoms with E-state index in [-0.39, 0.29) is 5.41 Å². The Morgan fingerprint density at radius 2 is 1.10 bits per heavy atom. The van der Waals surface area contributed by atoms with Gasteiger partial charge < -0.3 is 4.90 Å². The molecule has 0 aliphatic heterocycles. The molecular formula is C47H43N. The molecule has 0 N–H and O–H groups in total. The number of hydrogen-bond acceptors (Lipinski definition) is 1. The maximum atomic E-state index is 2.48. The lowest BCUT2D eigenvalue weighted by molar-refractivity contribution is -0.00518. The highest BCUT2D eigenvalue weighted by atomic mass is 15.1. The zero-order valence-corrected chi connectivity index (χ0v) is 28.1. The van der Waals surface area contributed by atoms with Crippen LogP contribution in [0.4, 0.5) is 17.1 Å². The zero-order chi connectivity index (χ0) is 32.0. The molecule has 4 fully saturated rings. The van der Waals surface area contributed by atoms with Crippen molar-refractivity contribution in [3.05, 3.63) is 150 Å². The van der Waals surface area contributed by atoms with E-state index in [9.17, 15) is 0 Å². The topological polar surface area (TPSA) is 3.24 Å². The fraction of sp³-hybridized carbons (Fsp3) is 0.277. The molecule has 0 atom stereocenters. The van der Waals surface area contributed by atoms with Crippen molar-refractivity contribution in [3.63, 3.8) is 0 Å². The van der Waals surface area contributed by atoms with Gasteiger partial charge in [-0.05, 0) is 136 Å². The van der Waals surface area contributed by atoms with E-state index < -0.39 is 0 Å². The molecule has 236 valence electrons. The van der Waals surface area contributed by atoms with Crippen molar-refractivity contribution in [1.29, 1.82) is 0 Å². The van der Waals surface area contributed by atoms with Crippen LogP contribution in [0.15, 0.2) is 133 Å². The van der Waals surface area contributed by atoms with E-state index >= 15 is 0 Å². The molecule has 6 aromatic rings. The third-order valence-electron chi connectivity index (χ3n) is 12.8. The summed E-state index contributed by atoms with van der Waals surface area (Å²) in [7, 11) is 0. The van der Waals surface area contributed by atoms with Gasteiger partial charge in [0, 0.05) is 22.2 Å². The maximum Gasteiger partial charge on any atom is 0.0540 e. The predicted molar refractivity (Wildman–Crippen MR) is 201 cm³/mol. The highest BCUT2D eigenvalue weighted by Gasteiger charge is 2.51. The van der Waals surface area contributed by atoms with Gasteiger partial charge in [-0.1, -0.05) is 117 Å². The van der Waals surface area contributed by atoms with Gasteiger partial charge in [-0.2, -0.15) is 0 Å². The largest absolute Gasteiger partial charge is 0.310 e. The second kappa shape index (κ2) is 10.4. The number of hydrogen-bond donors (Lipinski definition) is 0. The van der Waals surface area contributed by atoms with E-state index in [0.717, 1.165) is 17.8 Å². The predicted octanol–water partition coefficient (Wildman–Crippen LogP) is 12.8. The highest BCUT2D eigenvalue weighted by molar-refractivity contribution is 5.99. The van der Waals surface area contributed by atoms with E-state index in [1.165, 1.54) is 99.7 Å². The summed E-state index contributed by atoms with van der Waals surface area (Å²) in [5.41, 5.74) is 13.7. The van der Waals surface area contributed by atoms with Gasteiger partial charge in [-0.25, -0.2) is 0 Å². The van der Waals surface area contributed by atoms with Crippen molar-refractivity contribution in [2.75, 3.05) is 4.90 Å². The van der Waals surface area contributed by atoms with Gasteiger partial charge in [0.15, 0.2) is 0 Å². The maximum absolute atomic E-state index is 2.48. The second-order valence-corrected chi connectivity index (χ2v) is 16.1. The summed E-state index contributed by atoms with van der Waals surface area (Å²) in [5, 5.41) is 2.51. The molecule has 11 rings (SSSR count). The molecule has 0 heterocycles. The number of nitrogens with zero attached hydrogens (tertiary/aromatic N) is 1. The first-order valence-corrected chi connectivity index (χ1v) is 18.2. The van der Waals surface area contributed by atoms with Crippen LogP contribution < -0.4 is 4.90 Å². The molecule has 5 aliphatic carbocycles. The standard InChI is InChI=1S/C47H43N/c1-46(2)43-12-6-5-11-41(43)42-23-22-39(27-44(42)46)48(45-13-7-9-36-8-3-4-10-40(36)45)38-20-16-35(17-21-38)34-14-18-37(19-15-34)47-28-31-24-32(29-47)26-33(25-31)30-47/h3-23,27,31-33H,24-26,28-30H2,1-2H3.